The zero-order valence-electron chi connectivity index (χ0n) is 5.72. The Bertz CT molecular complexity index is 264. The summed E-state index contributed by atoms with van der Waals surface area (Å²) in [6.45, 7) is 0. The van der Waals surface area contributed by atoms with Gasteiger partial charge in [0.25, 0.3) is 0 Å². The number of rotatable bonds is 1. The van der Waals surface area contributed by atoms with Crippen LogP contribution in [0.3, 0.4) is 0 Å². The van der Waals surface area contributed by atoms with Gasteiger partial charge < -0.3 is 0 Å². The van der Waals surface area contributed by atoms with Crippen LogP contribution in [0.4, 0.5) is 0 Å². The summed E-state index contributed by atoms with van der Waals surface area (Å²) >= 11 is 4.47. The minimum Gasteiger partial charge on any atom is -0.227 e. The molecular formula is C7H6I2N2. The van der Waals surface area contributed by atoms with Crippen LogP contribution in [0.25, 0.3) is 0 Å². The van der Waals surface area contributed by atoms with E-state index in [-0.39, 0.29) is 0 Å². The van der Waals surface area contributed by atoms with Crippen molar-refractivity contribution in [2.24, 2.45) is 0 Å². The van der Waals surface area contributed by atoms with Crippen molar-refractivity contribution in [3.63, 3.8) is 0 Å². The lowest BCUT2D eigenvalue weighted by Crippen LogP contribution is -1.96. The molecule has 0 unspecified atom stereocenters. The zero-order chi connectivity index (χ0) is 7.84. The first-order valence-corrected chi connectivity index (χ1v) is 5.61. The lowest BCUT2D eigenvalue weighted by Gasteiger charge is -1.97. The molecule has 1 heterocycles. The molecule has 0 bridgehead atoms. The molecule has 1 aromatic heterocycles. The molecule has 2 nitrogen and oxygen atoms in total. The molecule has 0 N–H and O–H groups in total. The molecule has 2 rings (SSSR count). The van der Waals surface area contributed by atoms with Gasteiger partial charge in [0, 0.05) is 12.0 Å². The average Bonchev–Trinajstić information content (AvgIpc) is 2.64. The first-order valence-electron chi connectivity index (χ1n) is 3.45. The molecule has 1 aliphatic carbocycles. The number of hydrogen-bond donors (Lipinski definition) is 0. The normalized spacial score (nSPS) is 16.9. The second-order valence-corrected chi connectivity index (χ2v) is 4.86. The molecule has 1 aliphatic rings. The largest absolute Gasteiger partial charge is 0.227 e. The fourth-order valence-corrected chi connectivity index (χ4v) is 2.61. The van der Waals surface area contributed by atoms with Crippen molar-refractivity contribution >= 4 is 45.2 Å². The lowest BCUT2D eigenvalue weighted by molar-refractivity contribution is 0.901. The Kier molecular flexibility index (Phi) is 2.31. The van der Waals surface area contributed by atoms with E-state index in [2.05, 4.69) is 55.1 Å². The van der Waals surface area contributed by atoms with E-state index >= 15 is 0 Å². The fourth-order valence-electron chi connectivity index (χ4n) is 0.931. The number of halogens is 2. The second-order valence-electron chi connectivity index (χ2n) is 2.65. The molecule has 0 saturated heterocycles. The van der Waals surface area contributed by atoms with Gasteiger partial charge in [0.15, 0.2) is 0 Å². The van der Waals surface area contributed by atoms with Crippen molar-refractivity contribution in [3.8, 4) is 0 Å². The number of aromatic nitrogens is 2. The van der Waals surface area contributed by atoms with Crippen LogP contribution < -0.4 is 0 Å². The summed E-state index contributed by atoms with van der Waals surface area (Å²) in [7, 11) is 0. The van der Waals surface area contributed by atoms with Crippen LogP contribution in [0.15, 0.2) is 6.07 Å². The highest BCUT2D eigenvalue weighted by Gasteiger charge is 2.26. The quantitative estimate of drug-likeness (QED) is 0.560. The average molecular weight is 372 g/mol. The van der Waals surface area contributed by atoms with Gasteiger partial charge in [-0.05, 0) is 58.0 Å². The summed E-state index contributed by atoms with van der Waals surface area (Å²) in [4.78, 5) is 8.73. The highest BCUT2D eigenvalue weighted by atomic mass is 127. The van der Waals surface area contributed by atoms with Crippen LogP contribution in [-0.4, -0.2) is 9.97 Å². The van der Waals surface area contributed by atoms with E-state index in [9.17, 15) is 0 Å². The van der Waals surface area contributed by atoms with Gasteiger partial charge in [-0.15, -0.1) is 0 Å². The van der Waals surface area contributed by atoms with Crippen molar-refractivity contribution in [2.45, 2.75) is 18.8 Å². The molecule has 1 aromatic rings. The summed E-state index contributed by atoms with van der Waals surface area (Å²) in [6.07, 6.45) is 2.55. The molecule has 0 spiro atoms. The van der Waals surface area contributed by atoms with Gasteiger partial charge in [-0.1, -0.05) is 0 Å². The van der Waals surface area contributed by atoms with Crippen molar-refractivity contribution in [1.29, 1.82) is 0 Å². The van der Waals surface area contributed by atoms with E-state index < -0.39 is 0 Å². The number of hydrogen-bond acceptors (Lipinski definition) is 2. The molecule has 0 aromatic carbocycles. The third kappa shape index (κ3) is 2.01. The summed E-state index contributed by atoms with van der Waals surface area (Å²) in [5, 5.41) is 0. The first-order chi connectivity index (χ1) is 5.25. The van der Waals surface area contributed by atoms with Gasteiger partial charge in [-0.3, -0.25) is 0 Å². The highest BCUT2D eigenvalue weighted by molar-refractivity contribution is 14.1. The van der Waals surface area contributed by atoms with Crippen LogP contribution >= 0.6 is 45.2 Å². The predicted octanol–water partition coefficient (Wildman–Crippen LogP) is 2.56. The van der Waals surface area contributed by atoms with Crippen LogP contribution in [0, 0.1) is 7.40 Å². The van der Waals surface area contributed by atoms with Crippen molar-refractivity contribution in [1.82, 2.24) is 9.97 Å². The SMILES string of the molecule is Ic1cc(I)nc(C2CC2)n1. The van der Waals surface area contributed by atoms with E-state index in [4.69, 9.17) is 0 Å². The minimum atomic E-state index is 0.665. The van der Waals surface area contributed by atoms with Crippen LogP contribution in [0.5, 0.6) is 0 Å². The maximum atomic E-state index is 4.37. The van der Waals surface area contributed by atoms with Gasteiger partial charge in [0.2, 0.25) is 0 Å². The maximum Gasteiger partial charge on any atom is 0.133 e. The van der Waals surface area contributed by atoms with E-state index in [1.54, 1.807) is 0 Å². The molecular weight excluding hydrogens is 366 g/mol. The summed E-state index contributed by atoms with van der Waals surface area (Å²) in [5.74, 6) is 1.71. The molecule has 58 valence electrons. The molecule has 1 fully saturated rings. The summed E-state index contributed by atoms with van der Waals surface area (Å²) < 4.78 is 2.12. The van der Waals surface area contributed by atoms with Gasteiger partial charge in [-0.25, -0.2) is 9.97 Å². The number of nitrogens with zero attached hydrogens (tertiary/aromatic N) is 2. The Hall–Kier alpha value is 0.540. The standard InChI is InChI=1S/C7H6I2N2/c8-5-3-6(9)11-7(10-5)4-1-2-4/h3-4H,1-2H2. The van der Waals surface area contributed by atoms with Crippen LogP contribution in [0.2, 0.25) is 0 Å². The van der Waals surface area contributed by atoms with Crippen LogP contribution in [-0.2, 0) is 0 Å². The van der Waals surface area contributed by atoms with Gasteiger partial charge in [0.1, 0.15) is 13.2 Å². The molecule has 0 radical (unpaired) electrons. The van der Waals surface area contributed by atoms with Gasteiger partial charge in [-0.2, -0.15) is 0 Å². The second kappa shape index (κ2) is 3.12. The Morgan fingerprint density at radius 3 is 2.18 bits per heavy atom. The van der Waals surface area contributed by atoms with Crippen molar-refractivity contribution in [3.05, 3.63) is 19.3 Å². The van der Waals surface area contributed by atoms with Gasteiger partial charge >= 0.3 is 0 Å². The topological polar surface area (TPSA) is 25.8 Å². The van der Waals surface area contributed by atoms with E-state index in [0.717, 1.165) is 13.2 Å². The van der Waals surface area contributed by atoms with Crippen molar-refractivity contribution in [2.75, 3.05) is 0 Å². The Morgan fingerprint density at radius 1 is 1.18 bits per heavy atom. The molecule has 0 amide bonds. The van der Waals surface area contributed by atoms with E-state index in [1.165, 1.54) is 12.8 Å². The summed E-state index contributed by atoms with van der Waals surface area (Å²) in [6, 6.07) is 1.99. The molecule has 4 heteroatoms. The van der Waals surface area contributed by atoms with E-state index in [0.29, 0.717) is 5.92 Å². The highest BCUT2D eigenvalue weighted by Crippen LogP contribution is 2.38. The van der Waals surface area contributed by atoms with Crippen molar-refractivity contribution < 1.29 is 0 Å². The monoisotopic (exact) mass is 372 g/mol. The van der Waals surface area contributed by atoms with Gasteiger partial charge in [0.05, 0.1) is 0 Å². The zero-order valence-corrected chi connectivity index (χ0v) is 10.0. The Balaban J connectivity index is 2.39. The molecule has 1 saturated carbocycles. The molecule has 0 aliphatic heterocycles. The fraction of sp³-hybridized carbons (Fsp3) is 0.429. The van der Waals surface area contributed by atoms with E-state index in [1.807, 2.05) is 6.07 Å². The lowest BCUT2D eigenvalue weighted by atomic mass is 10.4. The first kappa shape index (κ1) is 8.15. The van der Waals surface area contributed by atoms with Crippen LogP contribution in [0.1, 0.15) is 24.6 Å². The molecule has 11 heavy (non-hydrogen) atoms. The third-order valence-corrected chi connectivity index (χ3v) is 2.73. The predicted molar refractivity (Wildman–Crippen MR) is 59.4 cm³/mol. The smallest absolute Gasteiger partial charge is 0.133 e. The third-order valence-electron chi connectivity index (χ3n) is 1.62. The minimum absolute atomic E-state index is 0.665. The maximum absolute atomic E-state index is 4.37. The molecule has 0 atom stereocenters. The Morgan fingerprint density at radius 2 is 1.73 bits per heavy atom. The summed E-state index contributed by atoms with van der Waals surface area (Å²) in [5.41, 5.74) is 0. The Labute approximate surface area is 92.5 Å².